The van der Waals surface area contributed by atoms with E-state index in [1.807, 2.05) is 26.1 Å². The summed E-state index contributed by atoms with van der Waals surface area (Å²) in [6.07, 6.45) is 4.19. The molecule has 10 heteroatoms. The summed E-state index contributed by atoms with van der Waals surface area (Å²) in [5.74, 6) is 3.13. The Morgan fingerprint density at radius 1 is 1.11 bits per heavy atom. The standard InChI is InChI=1S/C17H20N10/c1-11-20-16(12-9-19-25(2)17(12)21-11)18-10-15-23-22-13-5-6-14(24-27(13)15)26-7-3-4-8-26/h5-6,9H,3-4,7-8,10H2,1-2H3,(H,18,20,21). The lowest BCUT2D eigenvalue weighted by Gasteiger charge is -2.15. The van der Waals surface area contributed by atoms with Crippen molar-refractivity contribution >= 4 is 28.3 Å². The second-order valence-corrected chi connectivity index (χ2v) is 6.75. The molecule has 27 heavy (non-hydrogen) atoms. The Morgan fingerprint density at radius 2 is 1.96 bits per heavy atom. The summed E-state index contributed by atoms with van der Waals surface area (Å²) < 4.78 is 3.54. The van der Waals surface area contributed by atoms with Crippen molar-refractivity contribution in [1.82, 2.24) is 39.6 Å². The van der Waals surface area contributed by atoms with Crippen LogP contribution in [0.3, 0.4) is 0 Å². The molecule has 4 aromatic rings. The van der Waals surface area contributed by atoms with E-state index in [1.165, 1.54) is 12.8 Å². The van der Waals surface area contributed by atoms with Gasteiger partial charge in [-0.05, 0) is 31.9 Å². The number of aromatic nitrogens is 8. The molecular formula is C17H20N10. The molecule has 0 radical (unpaired) electrons. The van der Waals surface area contributed by atoms with E-state index in [1.54, 1.807) is 15.4 Å². The third-order valence-corrected chi connectivity index (χ3v) is 4.86. The lowest BCUT2D eigenvalue weighted by Crippen LogP contribution is -2.20. The highest BCUT2D eigenvalue weighted by Crippen LogP contribution is 2.21. The summed E-state index contributed by atoms with van der Waals surface area (Å²) in [5, 5.41) is 21.8. The highest BCUT2D eigenvalue weighted by molar-refractivity contribution is 5.86. The third kappa shape index (κ3) is 2.73. The smallest absolute Gasteiger partial charge is 0.178 e. The number of hydrogen-bond donors (Lipinski definition) is 1. The zero-order chi connectivity index (χ0) is 18.4. The fourth-order valence-corrected chi connectivity index (χ4v) is 3.48. The molecule has 0 amide bonds. The van der Waals surface area contributed by atoms with Crippen molar-refractivity contribution < 1.29 is 0 Å². The van der Waals surface area contributed by atoms with Crippen LogP contribution in [0.4, 0.5) is 11.6 Å². The van der Waals surface area contributed by atoms with Gasteiger partial charge in [0.15, 0.2) is 17.1 Å². The number of nitrogens with zero attached hydrogens (tertiary/aromatic N) is 9. The van der Waals surface area contributed by atoms with Crippen LogP contribution in [-0.2, 0) is 13.6 Å². The van der Waals surface area contributed by atoms with E-state index in [4.69, 9.17) is 5.10 Å². The van der Waals surface area contributed by atoms with Crippen LogP contribution in [0.5, 0.6) is 0 Å². The molecule has 0 spiro atoms. The second-order valence-electron chi connectivity index (χ2n) is 6.75. The van der Waals surface area contributed by atoms with Crippen LogP contribution in [-0.4, -0.2) is 52.6 Å². The minimum absolute atomic E-state index is 0.456. The Kier molecular flexibility index (Phi) is 3.62. The first kappa shape index (κ1) is 15.9. The van der Waals surface area contributed by atoms with Crippen molar-refractivity contribution in [2.24, 2.45) is 7.05 Å². The van der Waals surface area contributed by atoms with Gasteiger partial charge in [-0.25, -0.2) is 9.97 Å². The molecule has 0 bridgehead atoms. The number of anilines is 2. The molecule has 1 fully saturated rings. The van der Waals surface area contributed by atoms with Crippen LogP contribution < -0.4 is 10.2 Å². The first-order chi connectivity index (χ1) is 13.2. The van der Waals surface area contributed by atoms with Crippen molar-refractivity contribution in [2.75, 3.05) is 23.3 Å². The molecular weight excluding hydrogens is 344 g/mol. The molecule has 0 unspecified atom stereocenters. The van der Waals surface area contributed by atoms with Gasteiger partial charge in [-0.1, -0.05) is 0 Å². The molecule has 0 atom stereocenters. The molecule has 10 nitrogen and oxygen atoms in total. The lowest BCUT2D eigenvalue weighted by atomic mass is 10.3. The van der Waals surface area contributed by atoms with Crippen molar-refractivity contribution in [2.45, 2.75) is 26.3 Å². The minimum Gasteiger partial charge on any atom is -0.362 e. The Morgan fingerprint density at radius 3 is 2.81 bits per heavy atom. The van der Waals surface area contributed by atoms with Gasteiger partial charge in [0, 0.05) is 20.1 Å². The van der Waals surface area contributed by atoms with E-state index >= 15 is 0 Å². The van der Waals surface area contributed by atoms with Gasteiger partial charge in [-0.15, -0.1) is 15.3 Å². The molecule has 0 saturated carbocycles. The summed E-state index contributed by atoms with van der Waals surface area (Å²) in [4.78, 5) is 11.3. The molecule has 0 aliphatic carbocycles. The predicted octanol–water partition coefficient (Wildman–Crippen LogP) is 1.32. The van der Waals surface area contributed by atoms with E-state index < -0.39 is 0 Å². The number of aryl methyl sites for hydroxylation is 2. The molecule has 4 aromatic heterocycles. The minimum atomic E-state index is 0.456. The van der Waals surface area contributed by atoms with Crippen LogP contribution in [0.1, 0.15) is 24.5 Å². The zero-order valence-corrected chi connectivity index (χ0v) is 15.3. The molecule has 5 rings (SSSR count). The highest BCUT2D eigenvalue weighted by atomic mass is 15.4. The summed E-state index contributed by atoms with van der Waals surface area (Å²) in [5.41, 5.74) is 1.53. The maximum atomic E-state index is 4.74. The fraction of sp³-hybridized carbons (Fsp3) is 0.412. The highest BCUT2D eigenvalue weighted by Gasteiger charge is 2.16. The Balaban J connectivity index is 1.46. The van der Waals surface area contributed by atoms with Crippen molar-refractivity contribution in [1.29, 1.82) is 0 Å². The average Bonchev–Trinajstić information content (AvgIpc) is 3.40. The molecule has 1 aliphatic heterocycles. The van der Waals surface area contributed by atoms with Crippen LogP contribution in [0.2, 0.25) is 0 Å². The normalized spacial score (nSPS) is 14.5. The quantitative estimate of drug-likeness (QED) is 0.578. The van der Waals surface area contributed by atoms with E-state index in [-0.39, 0.29) is 0 Å². The van der Waals surface area contributed by atoms with Gasteiger partial charge in [-0.3, -0.25) is 4.68 Å². The fourth-order valence-electron chi connectivity index (χ4n) is 3.48. The van der Waals surface area contributed by atoms with E-state index in [9.17, 15) is 0 Å². The molecule has 0 aromatic carbocycles. The molecule has 1 aliphatic rings. The van der Waals surface area contributed by atoms with E-state index in [0.29, 0.717) is 12.4 Å². The Labute approximate surface area is 155 Å². The number of rotatable bonds is 4. The zero-order valence-electron chi connectivity index (χ0n) is 15.3. The molecule has 138 valence electrons. The molecule has 1 saturated heterocycles. The maximum Gasteiger partial charge on any atom is 0.178 e. The van der Waals surface area contributed by atoms with Gasteiger partial charge in [0.2, 0.25) is 0 Å². The Bertz CT molecular complexity index is 1120. The summed E-state index contributed by atoms with van der Waals surface area (Å²) >= 11 is 0. The molecule has 5 heterocycles. The first-order valence-corrected chi connectivity index (χ1v) is 9.05. The van der Waals surface area contributed by atoms with Crippen molar-refractivity contribution in [3.63, 3.8) is 0 Å². The Hall–Kier alpha value is -3.30. The van der Waals surface area contributed by atoms with Gasteiger partial charge in [0.05, 0.1) is 18.1 Å². The van der Waals surface area contributed by atoms with Gasteiger partial charge >= 0.3 is 0 Å². The lowest BCUT2D eigenvalue weighted by molar-refractivity contribution is 0.782. The van der Waals surface area contributed by atoms with Crippen molar-refractivity contribution in [3.8, 4) is 0 Å². The number of hydrogen-bond acceptors (Lipinski definition) is 8. The van der Waals surface area contributed by atoms with E-state index in [0.717, 1.165) is 47.2 Å². The predicted molar refractivity (Wildman–Crippen MR) is 101 cm³/mol. The van der Waals surface area contributed by atoms with Crippen LogP contribution >= 0.6 is 0 Å². The summed E-state index contributed by atoms with van der Waals surface area (Å²) in [6.45, 7) is 4.42. The second kappa shape index (κ2) is 6.15. The SMILES string of the molecule is Cc1nc(NCc2nnc3ccc(N4CCCC4)nn23)c2cnn(C)c2n1. The third-order valence-electron chi connectivity index (χ3n) is 4.86. The van der Waals surface area contributed by atoms with Gasteiger partial charge < -0.3 is 10.2 Å². The number of fused-ring (bicyclic) bond motifs is 2. The monoisotopic (exact) mass is 364 g/mol. The van der Waals surface area contributed by atoms with Crippen molar-refractivity contribution in [3.05, 3.63) is 30.0 Å². The van der Waals surface area contributed by atoms with E-state index in [2.05, 4.69) is 35.5 Å². The topological polar surface area (TPSA) is 102 Å². The summed E-state index contributed by atoms with van der Waals surface area (Å²) in [7, 11) is 1.87. The molecule has 1 N–H and O–H groups in total. The average molecular weight is 364 g/mol. The van der Waals surface area contributed by atoms with Crippen LogP contribution in [0, 0.1) is 6.92 Å². The van der Waals surface area contributed by atoms with Gasteiger partial charge in [-0.2, -0.15) is 9.61 Å². The first-order valence-electron chi connectivity index (χ1n) is 9.05. The number of nitrogens with one attached hydrogen (secondary N) is 1. The van der Waals surface area contributed by atoms with Crippen LogP contribution in [0.25, 0.3) is 16.7 Å². The maximum absolute atomic E-state index is 4.74. The van der Waals surface area contributed by atoms with Crippen LogP contribution in [0.15, 0.2) is 18.3 Å². The van der Waals surface area contributed by atoms with Gasteiger partial charge in [0.1, 0.15) is 17.5 Å². The van der Waals surface area contributed by atoms with Gasteiger partial charge in [0.25, 0.3) is 0 Å². The summed E-state index contributed by atoms with van der Waals surface area (Å²) in [6, 6.07) is 3.98. The largest absolute Gasteiger partial charge is 0.362 e.